The van der Waals surface area contributed by atoms with Crippen molar-refractivity contribution in [2.75, 3.05) is 7.11 Å². The lowest BCUT2D eigenvalue weighted by Crippen LogP contribution is -2.04. The van der Waals surface area contributed by atoms with Crippen LogP contribution < -0.4 is 9.47 Å². The number of nitrogens with zero attached hydrogens (tertiary/aromatic N) is 3. The molecule has 27 heavy (non-hydrogen) atoms. The molecule has 1 heterocycles. The van der Waals surface area contributed by atoms with E-state index in [0.29, 0.717) is 12.5 Å². The van der Waals surface area contributed by atoms with Gasteiger partial charge in [0.2, 0.25) is 0 Å². The molecule has 3 aromatic rings. The first-order valence-electron chi connectivity index (χ1n) is 8.93. The van der Waals surface area contributed by atoms with Crippen molar-refractivity contribution in [1.29, 1.82) is 0 Å². The maximum absolute atomic E-state index is 5.86. The van der Waals surface area contributed by atoms with Gasteiger partial charge in [-0.1, -0.05) is 49.9 Å². The van der Waals surface area contributed by atoms with E-state index >= 15 is 0 Å². The molecular formula is C21H25N3O2S. The van der Waals surface area contributed by atoms with Crippen LogP contribution in [0.3, 0.4) is 0 Å². The van der Waals surface area contributed by atoms with Gasteiger partial charge in [-0.15, -0.1) is 10.2 Å². The summed E-state index contributed by atoms with van der Waals surface area (Å²) >= 11 is 1.65. The van der Waals surface area contributed by atoms with E-state index < -0.39 is 0 Å². The van der Waals surface area contributed by atoms with Crippen molar-refractivity contribution >= 4 is 11.8 Å². The van der Waals surface area contributed by atoms with Crippen LogP contribution in [0.1, 0.15) is 36.7 Å². The average molecular weight is 384 g/mol. The van der Waals surface area contributed by atoms with E-state index in [4.69, 9.17) is 9.47 Å². The number of thioether (sulfide) groups is 1. The minimum Gasteiger partial charge on any atom is -0.497 e. The average Bonchev–Trinajstić information content (AvgIpc) is 3.05. The Bertz CT molecular complexity index is 875. The summed E-state index contributed by atoms with van der Waals surface area (Å²) in [4.78, 5) is 0. The molecule has 3 rings (SSSR count). The highest BCUT2D eigenvalue weighted by Crippen LogP contribution is 2.24. The summed E-state index contributed by atoms with van der Waals surface area (Å²) in [5, 5.41) is 9.42. The van der Waals surface area contributed by atoms with Crippen LogP contribution in [-0.4, -0.2) is 21.9 Å². The first-order valence-corrected chi connectivity index (χ1v) is 9.92. The molecule has 0 spiro atoms. The Morgan fingerprint density at radius 1 is 1.04 bits per heavy atom. The van der Waals surface area contributed by atoms with Gasteiger partial charge in [-0.2, -0.15) is 0 Å². The molecule has 1 aromatic heterocycles. The molecule has 0 unspecified atom stereocenters. The summed E-state index contributed by atoms with van der Waals surface area (Å²) in [6, 6.07) is 16.3. The minimum atomic E-state index is 0.393. The van der Waals surface area contributed by atoms with Crippen LogP contribution in [0.2, 0.25) is 0 Å². The third kappa shape index (κ3) is 5.04. The SMILES string of the molecule is COc1cccc(CSc2nnc(COc3ccc(C(C)C)cc3)n2C)c1. The van der Waals surface area contributed by atoms with Crippen molar-refractivity contribution in [2.45, 2.75) is 37.3 Å². The zero-order chi connectivity index (χ0) is 19.2. The molecule has 142 valence electrons. The van der Waals surface area contributed by atoms with Gasteiger partial charge in [-0.05, 0) is 41.3 Å². The second-order valence-electron chi connectivity index (χ2n) is 6.61. The standard InChI is InChI=1S/C21H25N3O2S/c1-15(2)17-8-10-18(11-9-17)26-13-20-22-23-21(24(20)3)27-14-16-6-5-7-19(12-16)25-4/h5-12,15H,13-14H2,1-4H3. The Morgan fingerprint density at radius 3 is 2.52 bits per heavy atom. The van der Waals surface area contributed by atoms with Crippen LogP contribution >= 0.6 is 11.8 Å². The first kappa shape index (κ1) is 19.3. The zero-order valence-corrected chi connectivity index (χ0v) is 17.0. The maximum atomic E-state index is 5.86. The predicted octanol–water partition coefficient (Wildman–Crippen LogP) is 4.82. The molecule has 0 bridgehead atoms. The summed E-state index contributed by atoms with van der Waals surface area (Å²) < 4.78 is 13.1. The predicted molar refractivity (Wildman–Crippen MR) is 108 cm³/mol. The molecule has 0 aliphatic heterocycles. The summed E-state index contributed by atoms with van der Waals surface area (Å²) in [5.41, 5.74) is 2.49. The van der Waals surface area contributed by atoms with Crippen molar-refractivity contribution in [3.63, 3.8) is 0 Å². The molecule has 0 saturated carbocycles. The fraction of sp³-hybridized carbons (Fsp3) is 0.333. The van der Waals surface area contributed by atoms with Crippen molar-refractivity contribution < 1.29 is 9.47 Å². The van der Waals surface area contributed by atoms with E-state index in [1.165, 1.54) is 11.1 Å². The monoisotopic (exact) mass is 383 g/mol. The molecule has 2 aromatic carbocycles. The Balaban J connectivity index is 1.58. The van der Waals surface area contributed by atoms with Gasteiger partial charge in [-0.25, -0.2) is 0 Å². The van der Waals surface area contributed by atoms with E-state index in [0.717, 1.165) is 28.2 Å². The highest BCUT2D eigenvalue weighted by molar-refractivity contribution is 7.98. The third-order valence-corrected chi connectivity index (χ3v) is 5.43. The largest absolute Gasteiger partial charge is 0.497 e. The number of aromatic nitrogens is 3. The fourth-order valence-corrected chi connectivity index (χ4v) is 3.48. The van der Waals surface area contributed by atoms with E-state index in [1.807, 2.05) is 41.9 Å². The van der Waals surface area contributed by atoms with E-state index in [-0.39, 0.29) is 0 Å². The molecule has 6 heteroatoms. The van der Waals surface area contributed by atoms with Gasteiger partial charge in [0.15, 0.2) is 11.0 Å². The number of rotatable bonds is 8. The fourth-order valence-electron chi connectivity index (χ4n) is 2.60. The normalized spacial score (nSPS) is 11.0. The van der Waals surface area contributed by atoms with Crippen LogP contribution in [0.5, 0.6) is 11.5 Å². The second-order valence-corrected chi connectivity index (χ2v) is 7.55. The molecule has 0 amide bonds. The molecule has 0 aliphatic rings. The Hall–Kier alpha value is -2.47. The summed E-state index contributed by atoms with van der Waals surface area (Å²) in [6.07, 6.45) is 0. The van der Waals surface area contributed by atoms with Gasteiger partial charge in [0.1, 0.15) is 18.1 Å². The Morgan fingerprint density at radius 2 is 1.81 bits per heavy atom. The second kappa shape index (κ2) is 8.95. The molecule has 0 N–H and O–H groups in total. The molecule has 0 saturated heterocycles. The molecule has 0 fully saturated rings. The number of benzene rings is 2. The van der Waals surface area contributed by atoms with Crippen LogP contribution in [0.25, 0.3) is 0 Å². The molecule has 5 nitrogen and oxygen atoms in total. The summed E-state index contributed by atoms with van der Waals surface area (Å²) in [7, 11) is 3.64. The van der Waals surface area contributed by atoms with Crippen molar-refractivity contribution in [3.8, 4) is 11.5 Å². The van der Waals surface area contributed by atoms with Gasteiger partial charge in [0, 0.05) is 12.8 Å². The minimum absolute atomic E-state index is 0.393. The highest BCUT2D eigenvalue weighted by atomic mass is 32.2. The number of ether oxygens (including phenoxy) is 2. The zero-order valence-electron chi connectivity index (χ0n) is 16.2. The number of methoxy groups -OCH3 is 1. The summed E-state index contributed by atoms with van der Waals surface area (Å²) in [6.45, 7) is 4.75. The van der Waals surface area contributed by atoms with Gasteiger partial charge >= 0.3 is 0 Å². The molecule has 0 atom stereocenters. The highest BCUT2D eigenvalue weighted by Gasteiger charge is 2.10. The Kier molecular flexibility index (Phi) is 6.40. The van der Waals surface area contributed by atoms with E-state index in [1.54, 1.807) is 18.9 Å². The Labute approximate surface area is 164 Å². The lowest BCUT2D eigenvalue weighted by atomic mass is 10.0. The maximum Gasteiger partial charge on any atom is 0.191 e. The van der Waals surface area contributed by atoms with Gasteiger partial charge < -0.3 is 14.0 Å². The molecule has 0 aliphatic carbocycles. The molecular weight excluding hydrogens is 358 g/mol. The third-order valence-electron chi connectivity index (χ3n) is 4.34. The topological polar surface area (TPSA) is 49.2 Å². The first-order chi connectivity index (χ1) is 13.1. The van der Waals surface area contributed by atoms with Gasteiger partial charge in [0.05, 0.1) is 7.11 Å². The van der Waals surface area contributed by atoms with Gasteiger partial charge in [-0.3, -0.25) is 0 Å². The number of hydrogen-bond donors (Lipinski definition) is 0. The smallest absolute Gasteiger partial charge is 0.191 e. The lowest BCUT2D eigenvalue weighted by Gasteiger charge is -2.09. The van der Waals surface area contributed by atoms with Gasteiger partial charge in [0.25, 0.3) is 0 Å². The number of hydrogen-bond acceptors (Lipinski definition) is 5. The van der Waals surface area contributed by atoms with Crippen molar-refractivity contribution in [1.82, 2.24) is 14.8 Å². The summed E-state index contributed by atoms with van der Waals surface area (Å²) in [5.74, 6) is 3.83. The van der Waals surface area contributed by atoms with Crippen LogP contribution in [0.15, 0.2) is 53.7 Å². The van der Waals surface area contributed by atoms with E-state index in [9.17, 15) is 0 Å². The molecule has 0 radical (unpaired) electrons. The van der Waals surface area contributed by atoms with Crippen LogP contribution in [-0.2, 0) is 19.4 Å². The van der Waals surface area contributed by atoms with Crippen molar-refractivity contribution in [2.24, 2.45) is 7.05 Å². The van der Waals surface area contributed by atoms with Crippen LogP contribution in [0.4, 0.5) is 0 Å². The van der Waals surface area contributed by atoms with Crippen LogP contribution in [0, 0.1) is 0 Å². The van der Waals surface area contributed by atoms with E-state index in [2.05, 4.69) is 42.2 Å². The quantitative estimate of drug-likeness (QED) is 0.522. The lowest BCUT2D eigenvalue weighted by molar-refractivity contribution is 0.290. The van der Waals surface area contributed by atoms with Crippen molar-refractivity contribution in [3.05, 3.63) is 65.5 Å².